The summed E-state index contributed by atoms with van der Waals surface area (Å²) in [4.78, 5) is 23.0. The highest BCUT2D eigenvalue weighted by Gasteiger charge is 2.19. The second-order valence-corrected chi connectivity index (χ2v) is 5.71. The van der Waals surface area contributed by atoms with Crippen LogP contribution in [0.4, 0.5) is 0 Å². The molecule has 0 aliphatic heterocycles. The summed E-state index contributed by atoms with van der Waals surface area (Å²) in [5.74, 6) is -1.47. The third-order valence-corrected chi connectivity index (χ3v) is 4.21. The average Bonchev–Trinajstić information content (AvgIpc) is 2.86. The summed E-state index contributed by atoms with van der Waals surface area (Å²) in [6.45, 7) is -0.567. The molecule has 0 aliphatic rings. The fourth-order valence-electron chi connectivity index (χ4n) is 1.54. The van der Waals surface area contributed by atoms with Crippen LogP contribution in [0, 0.1) is 0 Å². The smallest absolute Gasteiger partial charge is 0.341 e. The molecule has 8 heteroatoms. The minimum atomic E-state index is -1.16. The van der Waals surface area contributed by atoms with Gasteiger partial charge >= 0.3 is 5.97 Å². The van der Waals surface area contributed by atoms with Crippen LogP contribution in [-0.2, 0) is 4.79 Å². The molecule has 1 aromatic carbocycles. The molecule has 2 N–H and O–H groups in total. The quantitative estimate of drug-likeness (QED) is 0.810. The van der Waals surface area contributed by atoms with Crippen LogP contribution in [0.2, 0.25) is 10.0 Å². The predicted molar refractivity (Wildman–Crippen MR) is 79.0 cm³/mol. The molecule has 1 aromatic heterocycles. The molecule has 0 aliphatic carbocycles. The van der Waals surface area contributed by atoms with Gasteiger partial charge in [-0.3, -0.25) is 4.79 Å². The lowest BCUT2D eigenvalue weighted by Crippen LogP contribution is -2.10. The molecular formula is C13H8Cl2O5S. The van der Waals surface area contributed by atoms with Gasteiger partial charge in [0.15, 0.2) is 11.7 Å². The van der Waals surface area contributed by atoms with E-state index in [4.69, 9.17) is 33.0 Å². The molecule has 0 saturated heterocycles. The zero-order valence-corrected chi connectivity index (χ0v) is 12.6. The SMILES string of the molecule is O=C(O)COc1ccc(C(=O)c2ccc(O)s2)c(Cl)c1Cl. The molecule has 0 fully saturated rings. The maximum Gasteiger partial charge on any atom is 0.341 e. The lowest BCUT2D eigenvalue weighted by Gasteiger charge is -2.09. The van der Waals surface area contributed by atoms with Crippen LogP contribution in [-0.4, -0.2) is 28.6 Å². The fraction of sp³-hybridized carbons (Fsp3) is 0.0769. The first-order valence-electron chi connectivity index (χ1n) is 5.56. The Balaban J connectivity index is 2.32. The lowest BCUT2D eigenvalue weighted by atomic mass is 10.1. The van der Waals surface area contributed by atoms with Crippen LogP contribution in [0.15, 0.2) is 24.3 Å². The third-order valence-electron chi connectivity index (χ3n) is 2.46. The van der Waals surface area contributed by atoms with Crippen LogP contribution in [0.3, 0.4) is 0 Å². The monoisotopic (exact) mass is 346 g/mol. The first kappa shape index (κ1) is 15.6. The van der Waals surface area contributed by atoms with Crippen LogP contribution >= 0.6 is 34.5 Å². The number of aliphatic carboxylic acids is 1. The highest BCUT2D eigenvalue weighted by molar-refractivity contribution is 7.15. The van der Waals surface area contributed by atoms with Crippen molar-refractivity contribution >= 4 is 46.3 Å². The molecule has 0 unspecified atom stereocenters. The number of hydrogen-bond donors (Lipinski definition) is 2. The number of hydrogen-bond acceptors (Lipinski definition) is 5. The van der Waals surface area contributed by atoms with Gasteiger partial charge < -0.3 is 14.9 Å². The topological polar surface area (TPSA) is 83.8 Å². The van der Waals surface area contributed by atoms with Gasteiger partial charge in [-0.05, 0) is 24.3 Å². The number of ether oxygens (including phenoxy) is 1. The largest absolute Gasteiger partial charge is 0.499 e. The van der Waals surface area contributed by atoms with E-state index in [1.807, 2.05) is 0 Å². The first-order chi connectivity index (χ1) is 9.90. The lowest BCUT2D eigenvalue weighted by molar-refractivity contribution is -0.139. The number of benzene rings is 1. The van der Waals surface area contributed by atoms with Gasteiger partial charge in [0, 0.05) is 5.56 Å². The Kier molecular flexibility index (Phi) is 4.72. The van der Waals surface area contributed by atoms with E-state index >= 15 is 0 Å². The molecule has 21 heavy (non-hydrogen) atoms. The zero-order valence-electron chi connectivity index (χ0n) is 10.3. The summed E-state index contributed by atoms with van der Waals surface area (Å²) in [5.41, 5.74) is 0.145. The zero-order chi connectivity index (χ0) is 15.6. The number of carbonyl (C=O) groups excluding carboxylic acids is 1. The van der Waals surface area contributed by atoms with E-state index in [1.54, 1.807) is 0 Å². The number of carboxylic acids is 1. The first-order valence-corrected chi connectivity index (χ1v) is 7.13. The maximum atomic E-state index is 12.2. The second kappa shape index (κ2) is 6.34. The van der Waals surface area contributed by atoms with E-state index in [1.165, 1.54) is 24.3 Å². The number of aromatic hydroxyl groups is 1. The van der Waals surface area contributed by atoms with Crippen LogP contribution < -0.4 is 4.74 Å². The Morgan fingerprint density at radius 3 is 2.43 bits per heavy atom. The fourth-order valence-corrected chi connectivity index (χ4v) is 2.70. The van der Waals surface area contributed by atoms with Gasteiger partial charge in [0.1, 0.15) is 10.8 Å². The van der Waals surface area contributed by atoms with Crippen LogP contribution in [0.25, 0.3) is 0 Å². The number of thiophene rings is 1. The molecule has 0 amide bonds. The molecule has 0 spiro atoms. The summed E-state index contributed by atoms with van der Waals surface area (Å²) in [7, 11) is 0. The van der Waals surface area contributed by atoms with Crippen molar-refractivity contribution in [2.24, 2.45) is 0 Å². The molecular weight excluding hydrogens is 339 g/mol. The molecule has 2 rings (SSSR count). The Morgan fingerprint density at radius 1 is 1.14 bits per heavy atom. The van der Waals surface area contributed by atoms with E-state index < -0.39 is 18.4 Å². The van der Waals surface area contributed by atoms with Gasteiger partial charge in [0.05, 0.1) is 9.90 Å². The summed E-state index contributed by atoms with van der Waals surface area (Å²) >= 11 is 12.9. The van der Waals surface area contributed by atoms with Gasteiger partial charge in [-0.25, -0.2) is 4.79 Å². The second-order valence-electron chi connectivity index (χ2n) is 3.89. The molecule has 1 heterocycles. The highest BCUT2D eigenvalue weighted by atomic mass is 35.5. The summed E-state index contributed by atoms with van der Waals surface area (Å²) in [5, 5.41) is 17.8. The third kappa shape index (κ3) is 3.47. The van der Waals surface area contributed by atoms with Crippen molar-refractivity contribution in [2.75, 3.05) is 6.61 Å². The van der Waals surface area contributed by atoms with E-state index in [-0.39, 0.29) is 26.4 Å². The Hall–Kier alpha value is -1.76. The molecule has 0 atom stereocenters. The molecule has 0 bridgehead atoms. The standard InChI is InChI=1S/C13H8Cl2O5S/c14-11-6(13(19)8-3-4-10(18)21-8)1-2-7(12(11)15)20-5-9(16)17/h1-4,18H,5H2,(H,16,17). The molecule has 0 radical (unpaired) electrons. The van der Waals surface area contributed by atoms with Gasteiger partial charge in [0.2, 0.25) is 5.78 Å². The van der Waals surface area contributed by atoms with Crippen molar-refractivity contribution in [1.29, 1.82) is 0 Å². The average molecular weight is 347 g/mol. The van der Waals surface area contributed by atoms with Crippen LogP contribution in [0.5, 0.6) is 10.8 Å². The number of carbonyl (C=O) groups is 2. The Bertz CT molecular complexity index is 711. The van der Waals surface area contributed by atoms with Crippen molar-refractivity contribution < 1.29 is 24.5 Å². The van der Waals surface area contributed by atoms with Crippen molar-refractivity contribution in [1.82, 2.24) is 0 Å². The van der Waals surface area contributed by atoms with E-state index in [9.17, 15) is 14.7 Å². The summed E-state index contributed by atoms with van der Waals surface area (Å²) in [6, 6.07) is 5.64. The Morgan fingerprint density at radius 2 is 1.86 bits per heavy atom. The predicted octanol–water partition coefficient (Wildman–Crippen LogP) is 3.45. The molecule has 2 aromatic rings. The van der Waals surface area contributed by atoms with E-state index in [2.05, 4.69) is 0 Å². The van der Waals surface area contributed by atoms with Crippen molar-refractivity contribution in [3.8, 4) is 10.8 Å². The molecule has 5 nitrogen and oxygen atoms in total. The number of rotatable bonds is 5. The summed E-state index contributed by atoms with van der Waals surface area (Å²) in [6.07, 6.45) is 0. The minimum absolute atomic E-state index is 0.0157. The normalized spacial score (nSPS) is 10.4. The van der Waals surface area contributed by atoms with Crippen molar-refractivity contribution in [2.45, 2.75) is 0 Å². The van der Waals surface area contributed by atoms with E-state index in [0.717, 1.165) is 11.3 Å². The molecule has 110 valence electrons. The maximum absolute atomic E-state index is 12.2. The Labute approximate surface area is 133 Å². The van der Waals surface area contributed by atoms with Gasteiger partial charge in [-0.15, -0.1) is 0 Å². The van der Waals surface area contributed by atoms with Gasteiger partial charge in [0.25, 0.3) is 0 Å². The van der Waals surface area contributed by atoms with Crippen molar-refractivity contribution in [3.05, 3.63) is 44.8 Å². The van der Waals surface area contributed by atoms with E-state index in [0.29, 0.717) is 4.88 Å². The van der Waals surface area contributed by atoms with Gasteiger partial charge in [-0.2, -0.15) is 0 Å². The molecule has 0 saturated carbocycles. The highest BCUT2D eigenvalue weighted by Crippen LogP contribution is 2.36. The minimum Gasteiger partial charge on any atom is -0.499 e. The number of halogens is 2. The van der Waals surface area contributed by atoms with Crippen LogP contribution in [0.1, 0.15) is 15.2 Å². The number of carboxylic acid groups (broad SMARTS) is 1. The number of ketones is 1. The van der Waals surface area contributed by atoms with Gasteiger partial charge in [-0.1, -0.05) is 34.5 Å². The van der Waals surface area contributed by atoms with Crippen molar-refractivity contribution in [3.63, 3.8) is 0 Å². The summed E-state index contributed by atoms with van der Waals surface area (Å²) < 4.78 is 4.96.